The number of nitrogens with one attached hydrogen (secondary N) is 2. The number of ether oxygens (including phenoxy) is 1. The molecule has 20 heavy (non-hydrogen) atoms. The molecule has 6 heteroatoms. The molecule has 0 radical (unpaired) electrons. The first-order valence-corrected chi connectivity index (χ1v) is 7.37. The van der Waals surface area contributed by atoms with Gasteiger partial charge in [-0.2, -0.15) is 0 Å². The fourth-order valence-electron chi connectivity index (χ4n) is 1.60. The summed E-state index contributed by atoms with van der Waals surface area (Å²) in [6, 6.07) is -1.29. The third kappa shape index (κ3) is 8.74. The van der Waals surface area contributed by atoms with E-state index in [4.69, 9.17) is 9.84 Å². The van der Waals surface area contributed by atoms with Crippen LogP contribution in [-0.4, -0.2) is 42.9 Å². The molecule has 2 atom stereocenters. The van der Waals surface area contributed by atoms with Crippen LogP contribution in [0, 0.1) is 5.92 Å². The summed E-state index contributed by atoms with van der Waals surface area (Å²) < 4.78 is 5.36. The quantitative estimate of drug-likeness (QED) is 0.507. The van der Waals surface area contributed by atoms with Crippen LogP contribution < -0.4 is 10.6 Å². The largest absolute Gasteiger partial charge is 0.480 e. The molecule has 0 spiro atoms. The van der Waals surface area contributed by atoms with E-state index in [-0.39, 0.29) is 5.92 Å². The number of hydrogen-bond donors (Lipinski definition) is 3. The van der Waals surface area contributed by atoms with E-state index in [1.165, 1.54) is 0 Å². The lowest BCUT2D eigenvalue weighted by Crippen LogP contribution is -2.49. The van der Waals surface area contributed by atoms with Crippen LogP contribution in [0.5, 0.6) is 0 Å². The van der Waals surface area contributed by atoms with E-state index >= 15 is 0 Å². The van der Waals surface area contributed by atoms with Crippen LogP contribution >= 0.6 is 0 Å². The summed E-state index contributed by atoms with van der Waals surface area (Å²) in [6.07, 6.45) is 3.57. The molecule has 0 aliphatic rings. The van der Waals surface area contributed by atoms with Gasteiger partial charge in [0.25, 0.3) is 0 Å². The summed E-state index contributed by atoms with van der Waals surface area (Å²) in [6.45, 7) is 7.64. The number of carbonyl (C=O) groups is 2. The summed E-state index contributed by atoms with van der Waals surface area (Å²) in [5, 5.41) is 14.2. The van der Waals surface area contributed by atoms with Gasteiger partial charge >= 0.3 is 12.0 Å². The van der Waals surface area contributed by atoms with Gasteiger partial charge < -0.3 is 20.5 Å². The second-order valence-electron chi connectivity index (χ2n) is 4.92. The number of aliphatic carboxylic acids is 1. The number of amides is 2. The van der Waals surface area contributed by atoms with E-state index in [1.807, 2.05) is 6.92 Å². The fourth-order valence-corrected chi connectivity index (χ4v) is 1.60. The average molecular weight is 288 g/mol. The van der Waals surface area contributed by atoms with Gasteiger partial charge in [0, 0.05) is 19.8 Å². The number of unbranched alkanes of at least 4 members (excludes halogenated alkanes) is 1. The maximum atomic E-state index is 11.6. The maximum absolute atomic E-state index is 11.6. The van der Waals surface area contributed by atoms with Crippen molar-refractivity contribution in [2.45, 2.75) is 52.5 Å². The van der Waals surface area contributed by atoms with Gasteiger partial charge in [0.1, 0.15) is 6.04 Å². The first-order valence-electron chi connectivity index (χ1n) is 7.37. The van der Waals surface area contributed by atoms with Crippen molar-refractivity contribution in [3.05, 3.63) is 0 Å². The molecule has 0 aromatic heterocycles. The van der Waals surface area contributed by atoms with Crippen LogP contribution in [-0.2, 0) is 9.53 Å². The van der Waals surface area contributed by atoms with Crippen molar-refractivity contribution < 1.29 is 19.4 Å². The highest BCUT2D eigenvalue weighted by Gasteiger charge is 2.24. The molecule has 0 aromatic rings. The molecule has 0 heterocycles. The van der Waals surface area contributed by atoms with Crippen molar-refractivity contribution in [3.8, 4) is 0 Å². The lowest BCUT2D eigenvalue weighted by atomic mass is 9.99. The Morgan fingerprint density at radius 1 is 1.20 bits per heavy atom. The summed E-state index contributed by atoms with van der Waals surface area (Å²) in [7, 11) is 0. The zero-order valence-electron chi connectivity index (χ0n) is 12.8. The molecule has 0 bridgehead atoms. The molecule has 0 unspecified atom stereocenters. The van der Waals surface area contributed by atoms with Gasteiger partial charge in [-0.15, -0.1) is 0 Å². The van der Waals surface area contributed by atoms with Crippen LogP contribution in [0.4, 0.5) is 4.79 Å². The van der Waals surface area contributed by atoms with Crippen molar-refractivity contribution in [2.24, 2.45) is 5.92 Å². The van der Waals surface area contributed by atoms with Crippen molar-refractivity contribution in [1.29, 1.82) is 0 Å². The topological polar surface area (TPSA) is 87.7 Å². The van der Waals surface area contributed by atoms with E-state index in [2.05, 4.69) is 17.6 Å². The Bertz CT molecular complexity index is 284. The van der Waals surface area contributed by atoms with Crippen LogP contribution in [0.25, 0.3) is 0 Å². The summed E-state index contributed by atoms with van der Waals surface area (Å²) in [5.74, 6) is -1.10. The molecular formula is C14H28N2O4. The zero-order chi connectivity index (χ0) is 15.4. The van der Waals surface area contributed by atoms with Crippen molar-refractivity contribution in [2.75, 3.05) is 19.8 Å². The van der Waals surface area contributed by atoms with E-state index in [0.29, 0.717) is 19.6 Å². The van der Waals surface area contributed by atoms with E-state index < -0.39 is 18.0 Å². The Balaban J connectivity index is 3.78. The summed E-state index contributed by atoms with van der Waals surface area (Å²) >= 11 is 0. The Morgan fingerprint density at radius 2 is 1.85 bits per heavy atom. The normalized spacial score (nSPS) is 13.6. The van der Waals surface area contributed by atoms with Gasteiger partial charge in [-0.3, -0.25) is 0 Å². The SMILES string of the molecule is CCCCOCCCNC(=O)N[C@H](C(=O)O)[C@@H](C)CC. The molecule has 0 fully saturated rings. The minimum Gasteiger partial charge on any atom is -0.480 e. The monoisotopic (exact) mass is 288 g/mol. The molecule has 0 aliphatic heterocycles. The first kappa shape index (κ1) is 18.7. The number of carboxylic acid groups (broad SMARTS) is 1. The molecule has 0 aliphatic carbocycles. The average Bonchev–Trinajstić information content (AvgIpc) is 2.42. The first-order chi connectivity index (χ1) is 9.52. The molecule has 3 N–H and O–H groups in total. The predicted octanol–water partition coefficient (Wildman–Crippen LogP) is 1.99. The van der Waals surface area contributed by atoms with Crippen molar-refractivity contribution >= 4 is 12.0 Å². The Morgan fingerprint density at radius 3 is 2.40 bits per heavy atom. The molecule has 0 saturated heterocycles. The third-order valence-electron chi connectivity index (χ3n) is 3.16. The molecule has 118 valence electrons. The minimum absolute atomic E-state index is 0.101. The smallest absolute Gasteiger partial charge is 0.326 e. The van der Waals surface area contributed by atoms with Gasteiger partial charge in [-0.1, -0.05) is 33.6 Å². The van der Waals surface area contributed by atoms with Crippen LogP contribution in [0.15, 0.2) is 0 Å². The standard InChI is InChI=1S/C14H28N2O4/c1-4-6-9-20-10-7-8-15-14(19)16-12(13(17)18)11(3)5-2/h11-12H,4-10H2,1-3H3,(H,17,18)(H2,15,16,19)/t11-,12-/m0/s1. The number of urea groups is 1. The van der Waals surface area contributed by atoms with Gasteiger partial charge in [0.05, 0.1) is 0 Å². The Labute approximate surface area is 121 Å². The molecule has 0 rings (SSSR count). The summed E-state index contributed by atoms with van der Waals surface area (Å²) in [5.41, 5.74) is 0. The van der Waals surface area contributed by atoms with Gasteiger partial charge in [-0.05, 0) is 18.8 Å². The van der Waals surface area contributed by atoms with E-state index in [1.54, 1.807) is 6.92 Å². The number of rotatable bonds is 11. The van der Waals surface area contributed by atoms with Gasteiger partial charge in [0.15, 0.2) is 0 Å². The summed E-state index contributed by atoms with van der Waals surface area (Å²) in [4.78, 5) is 22.6. The van der Waals surface area contributed by atoms with Crippen molar-refractivity contribution in [1.82, 2.24) is 10.6 Å². The predicted molar refractivity (Wildman–Crippen MR) is 77.8 cm³/mol. The van der Waals surface area contributed by atoms with Crippen molar-refractivity contribution in [3.63, 3.8) is 0 Å². The maximum Gasteiger partial charge on any atom is 0.326 e. The molecule has 0 saturated carbocycles. The third-order valence-corrected chi connectivity index (χ3v) is 3.16. The highest BCUT2D eigenvalue weighted by molar-refractivity contribution is 5.82. The van der Waals surface area contributed by atoms with E-state index in [9.17, 15) is 9.59 Å². The molecule has 6 nitrogen and oxygen atoms in total. The second kappa shape index (κ2) is 11.5. The number of carboxylic acids is 1. The van der Waals surface area contributed by atoms with Gasteiger partial charge in [0.2, 0.25) is 0 Å². The number of carbonyl (C=O) groups excluding carboxylic acids is 1. The fraction of sp³-hybridized carbons (Fsp3) is 0.857. The number of hydrogen-bond acceptors (Lipinski definition) is 3. The Kier molecular flexibility index (Phi) is 10.8. The second-order valence-corrected chi connectivity index (χ2v) is 4.92. The minimum atomic E-state index is -1.00. The molecule has 2 amide bonds. The highest BCUT2D eigenvalue weighted by atomic mass is 16.5. The van der Waals surface area contributed by atoms with Crippen LogP contribution in [0.3, 0.4) is 0 Å². The van der Waals surface area contributed by atoms with Crippen LogP contribution in [0.2, 0.25) is 0 Å². The Hall–Kier alpha value is -1.30. The lowest BCUT2D eigenvalue weighted by Gasteiger charge is -2.20. The van der Waals surface area contributed by atoms with Crippen LogP contribution in [0.1, 0.15) is 46.5 Å². The molecular weight excluding hydrogens is 260 g/mol. The van der Waals surface area contributed by atoms with E-state index in [0.717, 1.165) is 25.9 Å². The highest BCUT2D eigenvalue weighted by Crippen LogP contribution is 2.07. The zero-order valence-corrected chi connectivity index (χ0v) is 12.8. The van der Waals surface area contributed by atoms with Gasteiger partial charge in [-0.25, -0.2) is 9.59 Å². The lowest BCUT2D eigenvalue weighted by molar-refractivity contribution is -0.140. The molecule has 0 aromatic carbocycles.